The second kappa shape index (κ2) is 11.3. The fourth-order valence-electron chi connectivity index (χ4n) is 9.78. The van der Waals surface area contributed by atoms with Gasteiger partial charge >= 0.3 is 35.5 Å². The first kappa shape index (κ1) is 31.9. The number of ether oxygens (including phenoxy) is 1. The first-order valence-corrected chi connectivity index (χ1v) is 14.3. The Bertz CT molecular complexity index is 1000. The van der Waals surface area contributed by atoms with Gasteiger partial charge < -0.3 is 24.9 Å². The average Bonchev–Trinajstić information content (AvgIpc) is 3.05. The minimum absolute atomic E-state index is 0. The van der Waals surface area contributed by atoms with Gasteiger partial charge in [0.1, 0.15) is 6.10 Å². The SMILES string of the molecule is CC(=O)O[C@H]1C[C@@]2(C)C(C[C@@H](O)C3[C@@]4(C)CC[C@@H](O)[C@@H](C)C4CC[C@@]32C)/C1=C(\CCC=C(C)C)C(=O)[O-].[Na+]. The first-order valence-electron chi connectivity index (χ1n) is 14.3. The number of aliphatic carboxylic acids is 1. The molecule has 0 saturated heterocycles. The molecule has 4 aliphatic carbocycles. The Morgan fingerprint density at radius 3 is 2.29 bits per heavy atom. The Kier molecular flexibility index (Phi) is 9.49. The van der Waals surface area contributed by atoms with E-state index in [-0.39, 0.29) is 75.2 Å². The van der Waals surface area contributed by atoms with Gasteiger partial charge in [-0.15, -0.1) is 0 Å². The van der Waals surface area contributed by atoms with E-state index < -0.39 is 24.1 Å². The number of allylic oxidation sites excluding steroid dienone is 2. The van der Waals surface area contributed by atoms with Crippen molar-refractivity contribution in [1.82, 2.24) is 0 Å². The molecule has 0 amide bonds. The van der Waals surface area contributed by atoms with Gasteiger partial charge in [0, 0.05) is 6.92 Å². The molecule has 0 spiro atoms. The van der Waals surface area contributed by atoms with Crippen molar-refractivity contribution in [3.05, 3.63) is 22.8 Å². The van der Waals surface area contributed by atoms with Gasteiger partial charge in [0.15, 0.2) is 0 Å². The minimum Gasteiger partial charge on any atom is -0.545 e. The van der Waals surface area contributed by atoms with E-state index in [0.717, 1.165) is 31.3 Å². The van der Waals surface area contributed by atoms with Crippen LogP contribution in [0.4, 0.5) is 0 Å². The molecule has 208 valence electrons. The van der Waals surface area contributed by atoms with Crippen molar-refractivity contribution in [3.8, 4) is 0 Å². The summed E-state index contributed by atoms with van der Waals surface area (Å²) in [7, 11) is 0. The van der Waals surface area contributed by atoms with Crippen molar-refractivity contribution >= 4 is 11.9 Å². The van der Waals surface area contributed by atoms with Crippen LogP contribution < -0.4 is 34.7 Å². The Balaban J connectivity index is 0.00000400. The maximum absolute atomic E-state index is 12.5. The molecule has 0 aromatic carbocycles. The predicted molar refractivity (Wildman–Crippen MR) is 140 cm³/mol. The summed E-state index contributed by atoms with van der Waals surface area (Å²) < 4.78 is 5.84. The maximum Gasteiger partial charge on any atom is 1.00 e. The zero-order valence-corrected chi connectivity index (χ0v) is 26.8. The summed E-state index contributed by atoms with van der Waals surface area (Å²) in [5, 5.41) is 35.0. The van der Waals surface area contributed by atoms with Crippen LogP contribution >= 0.6 is 0 Å². The van der Waals surface area contributed by atoms with Gasteiger partial charge in [-0.3, -0.25) is 4.79 Å². The smallest absolute Gasteiger partial charge is 0.545 e. The van der Waals surface area contributed by atoms with Gasteiger partial charge in [-0.25, -0.2) is 0 Å². The van der Waals surface area contributed by atoms with Crippen LogP contribution in [0.25, 0.3) is 0 Å². The summed E-state index contributed by atoms with van der Waals surface area (Å²) in [6.45, 7) is 14.4. The summed E-state index contributed by atoms with van der Waals surface area (Å²) in [5.41, 5.74) is 1.31. The Labute approximate surface area is 251 Å². The summed E-state index contributed by atoms with van der Waals surface area (Å²) >= 11 is 0. The van der Waals surface area contributed by atoms with Crippen LogP contribution in [0.5, 0.6) is 0 Å². The number of aliphatic hydroxyl groups excluding tert-OH is 2. The van der Waals surface area contributed by atoms with E-state index in [0.29, 0.717) is 37.2 Å². The van der Waals surface area contributed by atoms with Crippen molar-refractivity contribution < 1.29 is 59.2 Å². The zero-order chi connectivity index (χ0) is 27.5. The van der Waals surface area contributed by atoms with Crippen LogP contribution in [0.1, 0.15) is 99.8 Å². The molecule has 4 saturated carbocycles. The summed E-state index contributed by atoms with van der Waals surface area (Å²) in [5.74, 6) is -1.25. The van der Waals surface area contributed by atoms with Gasteiger partial charge in [-0.2, -0.15) is 0 Å². The van der Waals surface area contributed by atoms with Crippen LogP contribution in [0.3, 0.4) is 0 Å². The van der Waals surface area contributed by atoms with Gasteiger partial charge in [0.2, 0.25) is 0 Å². The van der Waals surface area contributed by atoms with Crippen LogP contribution in [0.15, 0.2) is 22.8 Å². The van der Waals surface area contributed by atoms with E-state index in [4.69, 9.17) is 4.74 Å². The number of esters is 1. The molecule has 0 radical (unpaired) electrons. The Morgan fingerprint density at radius 1 is 1.05 bits per heavy atom. The number of carboxylic acids is 1. The molecule has 3 unspecified atom stereocenters. The molecule has 10 atom stereocenters. The molecule has 0 bridgehead atoms. The molecule has 6 nitrogen and oxygen atoms in total. The fraction of sp³-hybridized carbons (Fsp3) is 0.806. The van der Waals surface area contributed by atoms with Crippen molar-refractivity contribution in [2.24, 2.45) is 39.9 Å². The van der Waals surface area contributed by atoms with Crippen molar-refractivity contribution in [1.29, 1.82) is 0 Å². The minimum atomic E-state index is -1.20. The quantitative estimate of drug-likeness (QED) is 0.237. The third-order valence-corrected chi connectivity index (χ3v) is 11.6. The van der Waals surface area contributed by atoms with Crippen LogP contribution in [0.2, 0.25) is 0 Å². The number of fused-ring (bicyclic) bond motifs is 5. The van der Waals surface area contributed by atoms with Gasteiger partial charge in [0.05, 0.1) is 18.2 Å². The number of carbonyl (C=O) groups is 2. The Morgan fingerprint density at radius 2 is 1.71 bits per heavy atom. The third kappa shape index (κ3) is 5.00. The number of carboxylic acid groups (broad SMARTS) is 1. The van der Waals surface area contributed by atoms with E-state index in [2.05, 4.69) is 27.7 Å². The molecular formula is C31H47NaO6. The predicted octanol–water partition coefficient (Wildman–Crippen LogP) is 1.34. The molecule has 0 aromatic rings. The normalized spacial score (nSPS) is 45.0. The molecule has 0 aliphatic heterocycles. The first-order chi connectivity index (χ1) is 17.2. The van der Waals surface area contributed by atoms with E-state index >= 15 is 0 Å². The standard InChI is InChI=1S/C31H48O6.Na/c1-17(2)9-8-10-20(28(35)36)26-22-15-24(34)27-29(5)13-12-23(33)18(3)21(29)11-14-30(27,6)31(22,7)16-25(26)37-19(4)32;/h9,18,21-25,27,33-34H,8,10-16H2,1-7H3,(H,35,36);/q;+1/p-1/b26-20-;/t18-,21?,22?,23+,24+,25-,27?,29-,30-,31-;/m0./s1. The van der Waals surface area contributed by atoms with E-state index in [1.165, 1.54) is 6.92 Å². The molecule has 4 fully saturated rings. The van der Waals surface area contributed by atoms with Crippen molar-refractivity contribution in [2.75, 3.05) is 0 Å². The van der Waals surface area contributed by atoms with E-state index in [9.17, 15) is 24.9 Å². The summed E-state index contributed by atoms with van der Waals surface area (Å²) in [6.07, 6.45) is 5.92. The second-order valence-corrected chi connectivity index (χ2v) is 13.6. The zero-order valence-electron chi connectivity index (χ0n) is 24.8. The molecule has 2 N–H and O–H groups in total. The van der Waals surface area contributed by atoms with Crippen molar-refractivity contribution in [3.63, 3.8) is 0 Å². The molecule has 0 heterocycles. The molecule has 4 rings (SSSR count). The van der Waals surface area contributed by atoms with Gasteiger partial charge in [-0.1, -0.05) is 39.3 Å². The topological polar surface area (TPSA) is 107 Å². The largest absolute Gasteiger partial charge is 1.00 e. The van der Waals surface area contributed by atoms with Crippen LogP contribution in [-0.4, -0.2) is 40.5 Å². The van der Waals surface area contributed by atoms with E-state index in [1.54, 1.807) is 0 Å². The van der Waals surface area contributed by atoms with Crippen molar-refractivity contribution in [2.45, 2.75) is 118 Å². The molecular weight excluding hydrogens is 491 g/mol. The summed E-state index contributed by atoms with van der Waals surface area (Å²) in [4.78, 5) is 24.7. The molecule has 4 aliphatic rings. The number of rotatable bonds is 5. The van der Waals surface area contributed by atoms with Crippen LogP contribution in [0, 0.1) is 39.9 Å². The number of aliphatic hydroxyl groups is 2. The monoisotopic (exact) mass is 538 g/mol. The van der Waals surface area contributed by atoms with Crippen LogP contribution in [-0.2, 0) is 14.3 Å². The second-order valence-electron chi connectivity index (χ2n) is 13.6. The molecule has 7 heteroatoms. The van der Waals surface area contributed by atoms with Gasteiger partial charge in [0.25, 0.3) is 0 Å². The fourth-order valence-corrected chi connectivity index (χ4v) is 9.78. The number of hydrogen-bond acceptors (Lipinski definition) is 6. The maximum atomic E-state index is 12.5. The van der Waals surface area contributed by atoms with Gasteiger partial charge in [-0.05, 0) is 116 Å². The number of hydrogen-bond donors (Lipinski definition) is 2. The Hall–Kier alpha value is -0.660. The average molecular weight is 539 g/mol. The van der Waals surface area contributed by atoms with E-state index in [1.807, 2.05) is 19.9 Å². The summed E-state index contributed by atoms with van der Waals surface area (Å²) in [6, 6.07) is 0. The number of carbonyl (C=O) groups excluding carboxylic acids is 2. The molecule has 38 heavy (non-hydrogen) atoms. The third-order valence-electron chi connectivity index (χ3n) is 11.6. The molecule has 0 aromatic heterocycles.